The number of hydrogen-bond donors (Lipinski definition) is 1. The number of rotatable bonds is 3. The predicted octanol–water partition coefficient (Wildman–Crippen LogP) is 5.06. The van der Waals surface area contributed by atoms with Crippen molar-refractivity contribution in [2.24, 2.45) is 17.8 Å². The Balaban J connectivity index is 1.64. The summed E-state index contributed by atoms with van der Waals surface area (Å²) < 4.78 is 57.7. The highest BCUT2D eigenvalue weighted by Gasteiger charge is 2.52. The number of amides is 1. The SMILES string of the molecule is CC1CN(C(=O)[C@@H]2CN(C(C)(C)C)C[C@H]2c2ccc(F)cc2F)CC(C)C1(O)c1c(F)cccc1F. The van der Waals surface area contributed by atoms with Crippen LogP contribution in [-0.4, -0.2) is 52.5 Å². The molecule has 0 radical (unpaired) electrons. The van der Waals surface area contributed by atoms with Crippen molar-refractivity contribution in [3.05, 3.63) is 70.8 Å². The molecule has 2 fully saturated rings. The van der Waals surface area contributed by atoms with Crippen LogP contribution in [0.3, 0.4) is 0 Å². The molecule has 8 heteroatoms. The van der Waals surface area contributed by atoms with E-state index in [0.29, 0.717) is 18.7 Å². The Hall–Kier alpha value is -2.45. The van der Waals surface area contributed by atoms with E-state index in [-0.39, 0.29) is 30.1 Å². The standard InChI is InChI=1S/C28H34F4N2O2/c1-16-12-33(13-17(2)28(16,36)25-22(30)7-6-8-23(25)31)26(35)21-15-34(27(3,4)5)14-20(21)19-10-9-18(29)11-24(19)32/h6-11,16-17,20-21,36H,12-15H2,1-5H3/t16?,17?,20-,21+,28?/m0/s1. The first-order valence-electron chi connectivity index (χ1n) is 12.4. The van der Waals surface area contributed by atoms with Gasteiger partial charge in [-0.05, 0) is 44.5 Å². The van der Waals surface area contributed by atoms with Gasteiger partial charge in [-0.3, -0.25) is 9.69 Å². The molecule has 2 aromatic rings. The van der Waals surface area contributed by atoms with E-state index >= 15 is 0 Å². The molecule has 0 bridgehead atoms. The molecule has 2 heterocycles. The number of likely N-dealkylation sites (tertiary alicyclic amines) is 2. The zero-order chi connectivity index (χ0) is 26.6. The average Bonchev–Trinajstić information content (AvgIpc) is 3.22. The van der Waals surface area contributed by atoms with Gasteiger partial charge in [0.05, 0.1) is 11.5 Å². The Bertz CT molecular complexity index is 1120. The van der Waals surface area contributed by atoms with Crippen molar-refractivity contribution in [3.8, 4) is 0 Å². The van der Waals surface area contributed by atoms with E-state index < -0.39 is 52.5 Å². The first-order valence-corrected chi connectivity index (χ1v) is 12.4. The summed E-state index contributed by atoms with van der Waals surface area (Å²) in [5, 5.41) is 11.5. The van der Waals surface area contributed by atoms with Crippen LogP contribution in [-0.2, 0) is 10.4 Å². The first-order chi connectivity index (χ1) is 16.7. The van der Waals surface area contributed by atoms with E-state index in [0.717, 1.165) is 18.2 Å². The fourth-order valence-corrected chi connectivity index (χ4v) is 6.01. The molecule has 2 aromatic carbocycles. The highest BCUT2D eigenvalue weighted by molar-refractivity contribution is 5.81. The molecule has 36 heavy (non-hydrogen) atoms. The highest BCUT2D eigenvalue weighted by Crippen LogP contribution is 2.45. The fraction of sp³-hybridized carbons (Fsp3) is 0.536. The Labute approximate surface area is 209 Å². The molecule has 0 aliphatic carbocycles. The number of carbonyl (C=O) groups is 1. The molecule has 0 spiro atoms. The van der Waals surface area contributed by atoms with Gasteiger partial charge >= 0.3 is 0 Å². The van der Waals surface area contributed by atoms with Crippen molar-refractivity contribution >= 4 is 5.91 Å². The minimum atomic E-state index is -1.79. The van der Waals surface area contributed by atoms with Crippen LogP contribution in [0.15, 0.2) is 36.4 Å². The van der Waals surface area contributed by atoms with E-state index in [4.69, 9.17) is 0 Å². The highest BCUT2D eigenvalue weighted by atomic mass is 19.1. The van der Waals surface area contributed by atoms with Gasteiger partial charge in [-0.15, -0.1) is 0 Å². The number of carbonyl (C=O) groups excluding carboxylic acids is 1. The smallest absolute Gasteiger partial charge is 0.227 e. The van der Waals surface area contributed by atoms with Crippen molar-refractivity contribution in [3.63, 3.8) is 0 Å². The number of aliphatic hydroxyl groups is 1. The maximum absolute atomic E-state index is 14.8. The van der Waals surface area contributed by atoms with Crippen molar-refractivity contribution < 1.29 is 27.5 Å². The summed E-state index contributed by atoms with van der Waals surface area (Å²) in [6.45, 7) is 10.4. The number of piperidine rings is 1. The molecule has 196 valence electrons. The predicted molar refractivity (Wildman–Crippen MR) is 129 cm³/mol. The molecule has 0 saturated carbocycles. The molecular formula is C28H34F4N2O2. The molecule has 4 atom stereocenters. The topological polar surface area (TPSA) is 43.8 Å². The molecule has 2 aliphatic rings. The van der Waals surface area contributed by atoms with Gasteiger partial charge in [-0.1, -0.05) is 26.0 Å². The van der Waals surface area contributed by atoms with Gasteiger partial charge in [0.1, 0.15) is 28.9 Å². The molecule has 2 aliphatic heterocycles. The van der Waals surface area contributed by atoms with Crippen molar-refractivity contribution in [2.45, 2.75) is 51.7 Å². The lowest BCUT2D eigenvalue weighted by Gasteiger charge is -2.48. The molecule has 0 aromatic heterocycles. The number of halogens is 4. The second-order valence-electron chi connectivity index (χ2n) is 11.4. The van der Waals surface area contributed by atoms with Gasteiger partial charge in [0.25, 0.3) is 0 Å². The van der Waals surface area contributed by atoms with Crippen LogP contribution in [0.1, 0.15) is 51.7 Å². The van der Waals surface area contributed by atoms with Crippen LogP contribution in [0.5, 0.6) is 0 Å². The van der Waals surface area contributed by atoms with E-state index in [1.165, 1.54) is 18.2 Å². The summed E-state index contributed by atoms with van der Waals surface area (Å²) in [4.78, 5) is 17.6. The summed E-state index contributed by atoms with van der Waals surface area (Å²) in [7, 11) is 0. The number of hydrogen-bond acceptors (Lipinski definition) is 3. The largest absolute Gasteiger partial charge is 0.384 e. The fourth-order valence-electron chi connectivity index (χ4n) is 6.01. The molecule has 4 rings (SSSR count). The zero-order valence-electron chi connectivity index (χ0n) is 21.4. The Morgan fingerprint density at radius 1 is 0.917 bits per heavy atom. The van der Waals surface area contributed by atoms with E-state index in [1.807, 2.05) is 20.8 Å². The third-order valence-electron chi connectivity index (χ3n) is 8.11. The molecule has 4 nitrogen and oxygen atoms in total. The monoisotopic (exact) mass is 506 g/mol. The van der Waals surface area contributed by atoms with Crippen LogP contribution < -0.4 is 0 Å². The minimum absolute atomic E-state index is 0.0953. The maximum atomic E-state index is 14.8. The lowest BCUT2D eigenvalue weighted by atomic mass is 9.70. The van der Waals surface area contributed by atoms with Crippen LogP contribution in [0, 0.1) is 41.0 Å². The molecule has 1 N–H and O–H groups in total. The van der Waals surface area contributed by atoms with Crippen LogP contribution in [0.4, 0.5) is 17.6 Å². The summed E-state index contributed by atoms with van der Waals surface area (Å²) in [5.74, 6) is -5.58. The normalized spacial score (nSPS) is 29.6. The molecular weight excluding hydrogens is 472 g/mol. The minimum Gasteiger partial charge on any atom is -0.384 e. The number of benzene rings is 2. The van der Waals surface area contributed by atoms with Gasteiger partial charge in [0, 0.05) is 55.5 Å². The van der Waals surface area contributed by atoms with E-state index in [1.54, 1.807) is 18.7 Å². The van der Waals surface area contributed by atoms with Crippen LogP contribution >= 0.6 is 0 Å². The second-order valence-corrected chi connectivity index (χ2v) is 11.4. The molecule has 1 amide bonds. The summed E-state index contributed by atoms with van der Waals surface area (Å²) >= 11 is 0. The molecule has 2 saturated heterocycles. The average molecular weight is 507 g/mol. The number of nitrogens with zero attached hydrogens (tertiary/aromatic N) is 2. The summed E-state index contributed by atoms with van der Waals surface area (Å²) in [6.07, 6.45) is 0. The summed E-state index contributed by atoms with van der Waals surface area (Å²) in [5.41, 5.74) is -2.14. The van der Waals surface area contributed by atoms with Crippen molar-refractivity contribution in [2.75, 3.05) is 26.2 Å². The van der Waals surface area contributed by atoms with Gasteiger partial charge in [0.15, 0.2) is 0 Å². The van der Waals surface area contributed by atoms with Crippen molar-refractivity contribution in [1.82, 2.24) is 9.80 Å². The Kier molecular flexibility index (Phi) is 6.99. The van der Waals surface area contributed by atoms with Gasteiger partial charge < -0.3 is 10.0 Å². The van der Waals surface area contributed by atoms with Gasteiger partial charge in [0.2, 0.25) is 5.91 Å². The Morgan fingerprint density at radius 3 is 2.03 bits per heavy atom. The Morgan fingerprint density at radius 2 is 1.50 bits per heavy atom. The first kappa shape index (κ1) is 26.6. The third-order valence-corrected chi connectivity index (χ3v) is 8.11. The zero-order valence-corrected chi connectivity index (χ0v) is 21.4. The quantitative estimate of drug-likeness (QED) is 0.592. The maximum Gasteiger partial charge on any atom is 0.227 e. The summed E-state index contributed by atoms with van der Waals surface area (Å²) in [6, 6.07) is 6.94. The van der Waals surface area contributed by atoms with Gasteiger partial charge in [-0.2, -0.15) is 0 Å². The van der Waals surface area contributed by atoms with Gasteiger partial charge in [-0.25, -0.2) is 17.6 Å². The second kappa shape index (κ2) is 9.45. The third kappa shape index (κ3) is 4.54. The lowest BCUT2D eigenvalue weighted by molar-refractivity contribution is -0.153. The van der Waals surface area contributed by atoms with Crippen molar-refractivity contribution in [1.29, 1.82) is 0 Å². The van der Waals surface area contributed by atoms with E-state index in [9.17, 15) is 27.5 Å². The molecule has 2 unspecified atom stereocenters. The van der Waals surface area contributed by atoms with E-state index in [2.05, 4.69) is 4.90 Å². The van der Waals surface area contributed by atoms with Crippen LogP contribution in [0.2, 0.25) is 0 Å². The van der Waals surface area contributed by atoms with Crippen LogP contribution in [0.25, 0.3) is 0 Å². The lowest BCUT2D eigenvalue weighted by Crippen LogP contribution is -2.57.